The molecule has 214 valence electrons. The third-order valence-corrected chi connectivity index (χ3v) is 9.25. The van der Waals surface area contributed by atoms with Gasteiger partial charge in [0.2, 0.25) is 0 Å². The lowest BCUT2D eigenvalue weighted by molar-refractivity contribution is 0.571. The van der Waals surface area contributed by atoms with Gasteiger partial charge in [0.1, 0.15) is 11.0 Å². The van der Waals surface area contributed by atoms with Crippen molar-refractivity contribution in [2.45, 2.75) is 37.6 Å². The van der Waals surface area contributed by atoms with E-state index in [1.807, 2.05) is 6.07 Å². The highest BCUT2D eigenvalue weighted by molar-refractivity contribution is 6.04. The molecule has 0 spiro atoms. The lowest BCUT2D eigenvalue weighted by Crippen LogP contribution is -2.29. The Balaban J connectivity index is 1.28. The van der Waals surface area contributed by atoms with Crippen molar-refractivity contribution < 1.29 is 4.42 Å². The summed E-state index contributed by atoms with van der Waals surface area (Å²) in [6, 6.07) is 32.7. The van der Waals surface area contributed by atoms with Crippen molar-refractivity contribution in [3.8, 4) is 11.1 Å². The molecule has 1 unspecified atom stereocenters. The van der Waals surface area contributed by atoms with Crippen molar-refractivity contribution >= 4 is 35.3 Å². The summed E-state index contributed by atoms with van der Waals surface area (Å²) in [7, 11) is 0. The predicted octanol–water partition coefficient (Wildman–Crippen LogP) is 7.31. The first-order valence-electron chi connectivity index (χ1n) is 15.5. The number of nitrogens with two attached hydrogens (primary N) is 1. The standard InChI is InChI=1S/C40H33N3O/c41-26-43-39(27-22-23-32-31-17-8-10-21-36(31)44-37(32)24-27)42-25-28-12-11-20-35-38(28)33-18-7-9-19-34(33)40(35,29-13-3-1-4-14-29)30-15-5-2-6-16-30/h1,3-5,7,9,11-24,26H,2,6,8,10,25H2,(H2,41,42,43). The van der Waals surface area contributed by atoms with Gasteiger partial charge in [0.25, 0.3) is 0 Å². The SMILES string of the molecule is N/C=N\C(=N/Cc1cccc2c1-c1ccccc1C2(C1=CCCC=C1)c1ccccc1)c1ccc2c3c(oc2c1)=CCCC=3. The van der Waals surface area contributed by atoms with Crippen LogP contribution in [0.3, 0.4) is 0 Å². The molecule has 0 radical (unpaired) electrons. The number of fused-ring (bicyclic) bond motifs is 6. The van der Waals surface area contributed by atoms with Crippen LogP contribution in [-0.2, 0) is 12.0 Å². The molecule has 4 heteroatoms. The topological polar surface area (TPSA) is 63.9 Å². The zero-order chi connectivity index (χ0) is 29.5. The molecule has 3 aliphatic carbocycles. The molecule has 0 aliphatic heterocycles. The fourth-order valence-corrected chi connectivity index (χ4v) is 7.42. The highest BCUT2D eigenvalue weighted by Crippen LogP contribution is 2.57. The van der Waals surface area contributed by atoms with Gasteiger partial charge in [-0.05, 0) is 82.8 Å². The molecule has 1 atom stereocenters. The van der Waals surface area contributed by atoms with Gasteiger partial charge in [-0.1, -0.05) is 103 Å². The van der Waals surface area contributed by atoms with Crippen LogP contribution in [0.1, 0.15) is 53.5 Å². The summed E-state index contributed by atoms with van der Waals surface area (Å²) >= 11 is 0. The van der Waals surface area contributed by atoms with Crippen molar-refractivity contribution in [2.75, 3.05) is 0 Å². The summed E-state index contributed by atoms with van der Waals surface area (Å²) < 4.78 is 6.21. The number of allylic oxidation sites excluding steroid dienone is 4. The van der Waals surface area contributed by atoms with E-state index in [1.165, 1.54) is 44.9 Å². The zero-order valence-corrected chi connectivity index (χ0v) is 24.5. The number of aliphatic imine (C=N–C) groups is 2. The van der Waals surface area contributed by atoms with Crippen LogP contribution < -0.4 is 16.4 Å². The monoisotopic (exact) mass is 571 g/mol. The van der Waals surface area contributed by atoms with Crippen molar-refractivity contribution in [3.63, 3.8) is 0 Å². The molecule has 2 N–H and O–H groups in total. The van der Waals surface area contributed by atoms with Crippen molar-refractivity contribution in [2.24, 2.45) is 15.7 Å². The van der Waals surface area contributed by atoms with Crippen LogP contribution in [0, 0.1) is 0 Å². The van der Waals surface area contributed by atoms with Gasteiger partial charge in [0, 0.05) is 16.2 Å². The Bertz CT molecular complexity index is 2160. The molecule has 1 aromatic heterocycles. The third-order valence-electron chi connectivity index (χ3n) is 9.25. The minimum absolute atomic E-state index is 0.389. The second kappa shape index (κ2) is 10.8. The van der Waals surface area contributed by atoms with Gasteiger partial charge in [-0.2, -0.15) is 0 Å². The second-order valence-corrected chi connectivity index (χ2v) is 11.6. The molecular formula is C40H33N3O. The van der Waals surface area contributed by atoms with Gasteiger partial charge in [-0.3, -0.25) is 4.99 Å². The fraction of sp³-hybridized carbons (Fsp3) is 0.150. The maximum Gasteiger partial charge on any atom is 0.156 e. The van der Waals surface area contributed by atoms with Gasteiger partial charge in [0.15, 0.2) is 5.84 Å². The number of hydrogen-bond donors (Lipinski definition) is 1. The van der Waals surface area contributed by atoms with E-state index in [-0.39, 0.29) is 5.41 Å². The summed E-state index contributed by atoms with van der Waals surface area (Å²) in [4.78, 5) is 9.59. The first-order valence-corrected chi connectivity index (χ1v) is 15.5. The molecule has 0 bridgehead atoms. The molecule has 0 amide bonds. The number of nitrogens with zero attached hydrogens (tertiary/aromatic N) is 2. The predicted molar refractivity (Wildman–Crippen MR) is 181 cm³/mol. The normalized spacial score (nSPS) is 18.8. The van der Waals surface area contributed by atoms with Crippen LogP contribution in [0.5, 0.6) is 0 Å². The van der Waals surface area contributed by atoms with Gasteiger partial charge in [-0.15, -0.1) is 0 Å². The Morgan fingerprint density at radius 1 is 0.818 bits per heavy atom. The Morgan fingerprint density at radius 2 is 1.64 bits per heavy atom. The van der Waals surface area contributed by atoms with Crippen LogP contribution in [0.15, 0.2) is 129 Å². The van der Waals surface area contributed by atoms with E-state index in [9.17, 15) is 0 Å². The van der Waals surface area contributed by atoms with E-state index in [4.69, 9.17) is 15.1 Å². The lowest BCUT2D eigenvalue weighted by Gasteiger charge is -2.35. The summed E-state index contributed by atoms with van der Waals surface area (Å²) in [5.41, 5.74) is 17.0. The molecule has 8 rings (SSSR count). The molecule has 3 aliphatic rings. The molecule has 5 aromatic rings. The first-order chi connectivity index (χ1) is 21.8. The summed E-state index contributed by atoms with van der Waals surface area (Å²) in [5, 5.41) is 2.30. The highest BCUT2D eigenvalue weighted by Gasteiger charge is 2.47. The molecular weight excluding hydrogens is 538 g/mol. The van der Waals surface area contributed by atoms with Crippen molar-refractivity contribution in [3.05, 3.63) is 153 Å². The molecule has 4 nitrogen and oxygen atoms in total. The number of benzene rings is 4. The van der Waals surface area contributed by atoms with E-state index >= 15 is 0 Å². The molecule has 0 fully saturated rings. The van der Waals surface area contributed by atoms with E-state index in [0.717, 1.165) is 53.2 Å². The second-order valence-electron chi connectivity index (χ2n) is 11.6. The van der Waals surface area contributed by atoms with Crippen molar-refractivity contribution in [1.29, 1.82) is 0 Å². The molecule has 0 saturated heterocycles. The Morgan fingerprint density at radius 3 is 2.50 bits per heavy atom. The molecule has 44 heavy (non-hydrogen) atoms. The van der Waals surface area contributed by atoms with Crippen LogP contribution in [-0.4, -0.2) is 12.2 Å². The van der Waals surface area contributed by atoms with Gasteiger partial charge in [-0.25, -0.2) is 4.99 Å². The minimum Gasteiger partial charge on any atom is -0.456 e. The molecule has 0 saturated carbocycles. The van der Waals surface area contributed by atoms with E-state index in [0.29, 0.717) is 12.4 Å². The average molecular weight is 572 g/mol. The largest absolute Gasteiger partial charge is 0.456 e. The number of rotatable bonds is 5. The zero-order valence-electron chi connectivity index (χ0n) is 24.5. The van der Waals surface area contributed by atoms with Crippen LogP contribution in [0.4, 0.5) is 0 Å². The maximum atomic E-state index is 6.21. The van der Waals surface area contributed by atoms with E-state index in [2.05, 4.69) is 120 Å². The van der Waals surface area contributed by atoms with E-state index < -0.39 is 0 Å². The van der Waals surface area contributed by atoms with Gasteiger partial charge < -0.3 is 10.2 Å². The Hall–Kier alpha value is -5.22. The Kier molecular flexibility index (Phi) is 6.48. The highest BCUT2D eigenvalue weighted by atomic mass is 16.3. The minimum atomic E-state index is -0.389. The first kappa shape index (κ1) is 26.4. The lowest BCUT2D eigenvalue weighted by atomic mass is 9.66. The quantitative estimate of drug-likeness (QED) is 0.178. The number of hydrogen-bond acceptors (Lipinski definition) is 2. The molecule has 4 aromatic carbocycles. The van der Waals surface area contributed by atoms with Gasteiger partial charge in [0.05, 0.1) is 18.3 Å². The van der Waals surface area contributed by atoms with Crippen LogP contribution in [0.2, 0.25) is 0 Å². The number of amidine groups is 1. The van der Waals surface area contributed by atoms with Crippen molar-refractivity contribution in [1.82, 2.24) is 0 Å². The third kappa shape index (κ3) is 4.05. The fourth-order valence-electron chi connectivity index (χ4n) is 7.42. The summed E-state index contributed by atoms with van der Waals surface area (Å²) in [5.74, 6) is 0.591. The average Bonchev–Trinajstić information content (AvgIpc) is 3.61. The number of furan rings is 1. The van der Waals surface area contributed by atoms with Crippen LogP contribution in [0.25, 0.3) is 34.2 Å². The van der Waals surface area contributed by atoms with Crippen LogP contribution >= 0.6 is 0 Å². The summed E-state index contributed by atoms with van der Waals surface area (Å²) in [6.45, 7) is 0.470. The maximum absolute atomic E-state index is 6.21. The van der Waals surface area contributed by atoms with Gasteiger partial charge >= 0.3 is 0 Å². The van der Waals surface area contributed by atoms with E-state index in [1.54, 1.807) is 0 Å². The smallest absolute Gasteiger partial charge is 0.156 e. The molecule has 1 heterocycles. The Labute approximate surface area is 257 Å². The summed E-state index contributed by atoms with van der Waals surface area (Å²) in [6.07, 6.45) is 17.0.